The Labute approximate surface area is 198 Å². The van der Waals surface area contributed by atoms with Crippen LogP contribution in [0.15, 0.2) is 103 Å². The second-order valence-corrected chi connectivity index (χ2v) is 8.46. The zero-order chi connectivity index (χ0) is 22.5. The topological polar surface area (TPSA) is 34.2 Å². The van der Waals surface area contributed by atoms with Gasteiger partial charge in [-0.15, -0.1) is 0 Å². The lowest BCUT2D eigenvalue weighted by molar-refractivity contribution is 0.298. The zero-order valence-corrected chi connectivity index (χ0v) is 18.9. The molecule has 0 fully saturated rings. The van der Waals surface area contributed by atoms with Gasteiger partial charge in [-0.05, 0) is 52.9 Å². The van der Waals surface area contributed by atoms with Crippen LogP contribution in [0.5, 0.6) is 11.5 Å². The van der Waals surface area contributed by atoms with Gasteiger partial charge in [-0.25, -0.2) is 0 Å². The molecule has 0 saturated carbocycles. The van der Waals surface area contributed by atoms with Gasteiger partial charge >= 0.3 is 0 Å². The number of nitrogens with one attached hydrogen (secondary N) is 1. The summed E-state index contributed by atoms with van der Waals surface area (Å²) < 4.78 is 12.5. The fourth-order valence-corrected chi connectivity index (χ4v) is 4.02. The number of aromatic amines is 1. The van der Waals surface area contributed by atoms with Crippen LogP contribution in [0.4, 0.5) is 0 Å². The molecule has 0 radical (unpaired) electrons. The molecule has 1 heterocycles. The Kier molecular flexibility index (Phi) is 6.32. The SMILES string of the molecule is Clc1ccc(Cc2cc(OCc3ccccc3)c3c(OCc4ccccc4)c[nH]c3c2)cc1. The van der Waals surface area contributed by atoms with Crippen molar-refractivity contribution in [2.75, 3.05) is 0 Å². The molecule has 5 rings (SSSR count). The number of hydrogen-bond donors (Lipinski definition) is 1. The molecular formula is C29H24ClNO2. The summed E-state index contributed by atoms with van der Waals surface area (Å²) >= 11 is 6.06. The minimum atomic E-state index is 0.490. The largest absolute Gasteiger partial charge is 0.488 e. The summed E-state index contributed by atoms with van der Waals surface area (Å²) in [6.45, 7) is 0.988. The van der Waals surface area contributed by atoms with Crippen molar-refractivity contribution < 1.29 is 9.47 Å². The minimum Gasteiger partial charge on any atom is -0.488 e. The Morgan fingerprint density at radius 1 is 0.606 bits per heavy atom. The summed E-state index contributed by atoms with van der Waals surface area (Å²) in [7, 11) is 0. The molecule has 33 heavy (non-hydrogen) atoms. The lowest BCUT2D eigenvalue weighted by Crippen LogP contribution is -1.99. The summed E-state index contributed by atoms with van der Waals surface area (Å²) in [6.07, 6.45) is 2.70. The van der Waals surface area contributed by atoms with E-state index in [1.165, 1.54) is 5.56 Å². The smallest absolute Gasteiger partial charge is 0.148 e. The standard InChI is InChI=1S/C29H24ClNO2/c30-25-13-11-21(12-14-25)15-24-16-26-29(27(17-24)32-19-22-7-3-1-4-8-22)28(18-31-26)33-20-23-9-5-2-6-10-23/h1-14,16-18,31H,15,19-20H2. The lowest BCUT2D eigenvalue weighted by atomic mass is 10.0. The zero-order valence-electron chi connectivity index (χ0n) is 18.1. The highest BCUT2D eigenvalue weighted by Crippen LogP contribution is 2.37. The number of H-pyrrole nitrogens is 1. The van der Waals surface area contributed by atoms with Gasteiger partial charge in [0.15, 0.2) is 0 Å². The van der Waals surface area contributed by atoms with Gasteiger partial charge in [-0.1, -0.05) is 84.4 Å². The van der Waals surface area contributed by atoms with E-state index in [0.29, 0.717) is 13.2 Å². The number of rotatable bonds is 8. The molecule has 0 unspecified atom stereocenters. The Balaban J connectivity index is 1.46. The Morgan fingerprint density at radius 3 is 1.85 bits per heavy atom. The van der Waals surface area contributed by atoms with E-state index in [4.69, 9.17) is 21.1 Å². The van der Waals surface area contributed by atoms with Crippen molar-refractivity contribution in [2.45, 2.75) is 19.6 Å². The van der Waals surface area contributed by atoms with Crippen LogP contribution in [0.25, 0.3) is 10.9 Å². The predicted molar refractivity (Wildman–Crippen MR) is 134 cm³/mol. The highest BCUT2D eigenvalue weighted by atomic mass is 35.5. The summed E-state index contributed by atoms with van der Waals surface area (Å²) in [5.74, 6) is 1.60. The van der Waals surface area contributed by atoms with Gasteiger partial charge < -0.3 is 14.5 Å². The van der Waals surface area contributed by atoms with Crippen molar-refractivity contribution in [3.63, 3.8) is 0 Å². The van der Waals surface area contributed by atoms with Gasteiger partial charge in [0, 0.05) is 11.2 Å². The van der Waals surface area contributed by atoms with Crippen LogP contribution in [0.2, 0.25) is 5.02 Å². The number of ether oxygens (including phenoxy) is 2. The van der Waals surface area contributed by atoms with Crippen molar-refractivity contribution >= 4 is 22.5 Å². The second kappa shape index (κ2) is 9.85. The normalized spacial score (nSPS) is 10.9. The van der Waals surface area contributed by atoms with E-state index in [1.807, 2.05) is 54.7 Å². The van der Waals surface area contributed by atoms with Gasteiger partial charge in [0.25, 0.3) is 0 Å². The van der Waals surface area contributed by atoms with Gasteiger partial charge in [0.05, 0.1) is 10.9 Å². The molecule has 0 amide bonds. The van der Waals surface area contributed by atoms with Crippen molar-refractivity contribution in [3.05, 3.63) is 131 Å². The molecule has 4 heteroatoms. The second-order valence-electron chi connectivity index (χ2n) is 8.02. The number of benzene rings is 4. The molecule has 0 aliphatic rings. The highest BCUT2D eigenvalue weighted by molar-refractivity contribution is 6.30. The number of halogens is 1. The first-order chi connectivity index (χ1) is 16.2. The average molecular weight is 454 g/mol. The van der Waals surface area contributed by atoms with Gasteiger partial charge in [0.1, 0.15) is 24.7 Å². The average Bonchev–Trinajstić information content (AvgIpc) is 3.27. The third kappa shape index (κ3) is 5.21. The molecule has 1 aromatic heterocycles. The molecular weight excluding hydrogens is 430 g/mol. The van der Waals surface area contributed by atoms with Gasteiger partial charge in [0.2, 0.25) is 0 Å². The van der Waals surface area contributed by atoms with E-state index in [1.54, 1.807) is 0 Å². The molecule has 5 aromatic rings. The van der Waals surface area contributed by atoms with Crippen LogP contribution in [-0.2, 0) is 19.6 Å². The maximum absolute atomic E-state index is 6.33. The van der Waals surface area contributed by atoms with Crippen LogP contribution in [0, 0.1) is 0 Å². The molecule has 0 bridgehead atoms. The maximum Gasteiger partial charge on any atom is 0.148 e. The van der Waals surface area contributed by atoms with Crippen molar-refractivity contribution in [1.29, 1.82) is 0 Å². The van der Waals surface area contributed by atoms with Crippen LogP contribution >= 0.6 is 11.6 Å². The van der Waals surface area contributed by atoms with E-state index in [0.717, 1.165) is 50.5 Å². The van der Waals surface area contributed by atoms with E-state index < -0.39 is 0 Å². The van der Waals surface area contributed by atoms with Crippen LogP contribution in [0.1, 0.15) is 22.3 Å². The third-order valence-electron chi connectivity index (χ3n) is 5.56. The first-order valence-corrected chi connectivity index (χ1v) is 11.3. The summed E-state index contributed by atoms with van der Waals surface area (Å²) in [5, 5.41) is 1.70. The highest BCUT2D eigenvalue weighted by Gasteiger charge is 2.14. The summed E-state index contributed by atoms with van der Waals surface area (Å²) in [4.78, 5) is 3.37. The van der Waals surface area contributed by atoms with Crippen molar-refractivity contribution in [2.24, 2.45) is 0 Å². The molecule has 1 N–H and O–H groups in total. The number of fused-ring (bicyclic) bond motifs is 1. The third-order valence-corrected chi connectivity index (χ3v) is 5.81. The first-order valence-electron chi connectivity index (χ1n) is 11.0. The van der Waals surface area contributed by atoms with Gasteiger partial charge in [-0.3, -0.25) is 0 Å². The Morgan fingerprint density at radius 2 is 1.21 bits per heavy atom. The minimum absolute atomic E-state index is 0.490. The fourth-order valence-electron chi connectivity index (χ4n) is 3.89. The molecule has 164 valence electrons. The predicted octanol–water partition coefficient (Wildman–Crippen LogP) is 7.57. The van der Waals surface area contributed by atoms with E-state index in [9.17, 15) is 0 Å². The quantitative estimate of drug-likeness (QED) is 0.263. The first kappa shape index (κ1) is 21.2. The molecule has 3 nitrogen and oxygen atoms in total. The summed E-state index contributed by atoms with van der Waals surface area (Å²) in [5.41, 5.74) is 5.59. The Bertz CT molecular complexity index is 1330. The number of aromatic nitrogens is 1. The van der Waals surface area contributed by atoms with Gasteiger partial charge in [-0.2, -0.15) is 0 Å². The van der Waals surface area contributed by atoms with E-state index in [2.05, 4.69) is 53.5 Å². The summed E-state index contributed by atoms with van der Waals surface area (Å²) in [6, 6.07) is 32.6. The van der Waals surface area contributed by atoms with E-state index in [-0.39, 0.29) is 0 Å². The van der Waals surface area contributed by atoms with Crippen LogP contribution < -0.4 is 9.47 Å². The monoisotopic (exact) mass is 453 g/mol. The van der Waals surface area contributed by atoms with Crippen LogP contribution in [0.3, 0.4) is 0 Å². The molecule has 4 aromatic carbocycles. The molecule has 0 saturated heterocycles. The molecule has 0 aliphatic heterocycles. The fraction of sp³-hybridized carbons (Fsp3) is 0.103. The van der Waals surface area contributed by atoms with Crippen LogP contribution in [-0.4, -0.2) is 4.98 Å². The maximum atomic E-state index is 6.33. The Hall–Kier alpha value is -3.69. The lowest BCUT2D eigenvalue weighted by Gasteiger charge is -2.13. The molecule has 0 atom stereocenters. The van der Waals surface area contributed by atoms with Crippen molar-refractivity contribution in [1.82, 2.24) is 4.98 Å². The molecule has 0 aliphatic carbocycles. The van der Waals surface area contributed by atoms with Crippen molar-refractivity contribution in [3.8, 4) is 11.5 Å². The van der Waals surface area contributed by atoms with E-state index >= 15 is 0 Å². The molecule has 0 spiro atoms. The number of hydrogen-bond acceptors (Lipinski definition) is 2.